The molecule has 5 nitrogen and oxygen atoms in total. The molecule has 4 rings (SSSR count). The molecule has 0 radical (unpaired) electrons. The number of carbonyl (C=O) groups is 1. The van der Waals surface area contributed by atoms with E-state index in [2.05, 4.69) is 10.3 Å². The van der Waals surface area contributed by atoms with Crippen LogP contribution in [0.1, 0.15) is 34.6 Å². The van der Waals surface area contributed by atoms with Gasteiger partial charge in [-0.25, -0.2) is 0 Å². The molecule has 32 heavy (non-hydrogen) atoms. The first-order valence-electron chi connectivity index (χ1n) is 10.4. The third-order valence-electron chi connectivity index (χ3n) is 4.87. The molecule has 0 fully saturated rings. The van der Waals surface area contributed by atoms with Crippen LogP contribution in [0, 0.1) is 0 Å². The molecule has 1 N–H and O–H groups in total. The number of carbonyl (C=O) groups excluding carboxylic acids is 1. The Balaban J connectivity index is 1.34. The fourth-order valence-corrected chi connectivity index (χ4v) is 3.15. The smallest absolute Gasteiger partial charge is 0.251 e. The number of aromatic nitrogens is 1. The van der Waals surface area contributed by atoms with Crippen molar-refractivity contribution in [2.45, 2.75) is 19.6 Å². The highest BCUT2D eigenvalue weighted by atomic mass is 16.5. The van der Waals surface area contributed by atoms with E-state index < -0.39 is 0 Å². The molecular formula is C27H24N2O3. The fraction of sp³-hybridized carbons (Fsp3) is 0.111. The van der Waals surface area contributed by atoms with E-state index in [0.29, 0.717) is 23.7 Å². The van der Waals surface area contributed by atoms with Crippen molar-refractivity contribution >= 4 is 5.91 Å². The Hall–Kier alpha value is -4.12. The van der Waals surface area contributed by atoms with Gasteiger partial charge in [0.2, 0.25) is 0 Å². The first-order valence-corrected chi connectivity index (χ1v) is 10.4. The van der Waals surface area contributed by atoms with Crippen molar-refractivity contribution < 1.29 is 14.3 Å². The summed E-state index contributed by atoms with van der Waals surface area (Å²) >= 11 is 0. The number of nitrogens with zero attached hydrogens (tertiary/aromatic N) is 1. The van der Waals surface area contributed by atoms with E-state index in [4.69, 9.17) is 9.47 Å². The van der Waals surface area contributed by atoms with Crippen molar-refractivity contribution in [3.8, 4) is 17.2 Å². The Morgan fingerprint density at radius 3 is 2.28 bits per heavy atom. The minimum Gasteiger partial charge on any atom is -0.487 e. The lowest BCUT2D eigenvalue weighted by Gasteiger charge is -2.15. The average molecular weight is 425 g/mol. The number of para-hydroxylation sites is 1. The van der Waals surface area contributed by atoms with Crippen LogP contribution in [0.2, 0.25) is 0 Å². The summed E-state index contributed by atoms with van der Waals surface area (Å²) in [7, 11) is 0. The van der Waals surface area contributed by atoms with Gasteiger partial charge < -0.3 is 14.8 Å². The Morgan fingerprint density at radius 2 is 1.56 bits per heavy atom. The quantitative estimate of drug-likeness (QED) is 0.380. The zero-order valence-corrected chi connectivity index (χ0v) is 17.8. The van der Waals surface area contributed by atoms with Gasteiger partial charge in [-0.15, -0.1) is 0 Å². The summed E-state index contributed by atoms with van der Waals surface area (Å²) in [6, 6.07) is 30.0. The SMILES string of the molecule is CC(NC(=O)c1cccc(Oc2ccccc2)c1)c1ccc(OCc2ccccc2)cn1. The normalized spacial score (nSPS) is 11.4. The van der Waals surface area contributed by atoms with Gasteiger partial charge in [0.15, 0.2) is 0 Å². The molecule has 0 bridgehead atoms. The molecule has 1 atom stereocenters. The fourth-order valence-electron chi connectivity index (χ4n) is 3.15. The van der Waals surface area contributed by atoms with E-state index >= 15 is 0 Å². The first-order chi connectivity index (χ1) is 15.7. The van der Waals surface area contributed by atoms with Crippen LogP contribution in [0.5, 0.6) is 17.2 Å². The summed E-state index contributed by atoms with van der Waals surface area (Å²) in [5, 5.41) is 2.98. The van der Waals surface area contributed by atoms with Crippen molar-refractivity contribution in [3.05, 3.63) is 120 Å². The number of amides is 1. The van der Waals surface area contributed by atoms with E-state index in [-0.39, 0.29) is 11.9 Å². The second-order valence-electron chi connectivity index (χ2n) is 7.33. The molecule has 160 valence electrons. The van der Waals surface area contributed by atoms with E-state index in [1.807, 2.05) is 85.8 Å². The molecule has 1 heterocycles. The highest BCUT2D eigenvalue weighted by Gasteiger charge is 2.13. The second kappa shape index (κ2) is 10.3. The van der Waals surface area contributed by atoms with Crippen molar-refractivity contribution in [1.29, 1.82) is 0 Å². The predicted octanol–water partition coefficient (Wildman–Crippen LogP) is 5.94. The Labute approximate surface area is 187 Å². The Bertz CT molecular complexity index is 1150. The molecule has 1 amide bonds. The number of nitrogens with one attached hydrogen (secondary N) is 1. The predicted molar refractivity (Wildman–Crippen MR) is 124 cm³/mol. The third-order valence-corrected chi connectivity index (χ3v) is 4.87. The molecule has 0 aliphatic carbocycles. The summed E-state index contributed by atoms with van der Waals surface area (Å²) in [5.74, 6) is 1.82. The first kappa shape index (κ1) is 21.1. The Morgan fingerprint density at radius 1 is 0.844 bits per heavy atom. The largest absolute Gasteiger partial charge is 0.487 e. The van der Waals surface area contributed by atoms with Gasteiger partial charge in [0, 0.05) is 5.56 Å². The Kier molecular flexibility index (Phi) is 6.78. The van der Waals surface area contributed by atoms with Crippen LogP contribution in [-0.4, -0.2) is 10.9 Å². The van der Waals surface area contributed by atoms with Crippen molar-refractivity contribution in [1.82, 2.24) is 10.3 Å². The van der Waals surface area contributed by atoms with Crippen LogP contribution in [0.15, 0.2) is 103 Å². The van der Waals surface area contributed by atoms with E-state index in [1.165, 1.54) is 0 Å². The van der Waals surface area contributed by atoms with Gasteiger partial charge in [-0.3, -0.25) is 9.78 Å². The molecule has 0 saturated carbocycles. The number of rotatable bonds is 8. The standard InChI is InChI=1S/C27H24N2O3/c1-20(26-16-15-25(18-28-26)31-19-21-9-4-2-5-10-21)29-27(30)22-11-8-14-24(17-22)32-23-12-6-3-7-13-23/h2-18,20H,19H2,1H3,(H,29,30). The molecule has 0 aliphatic rings. The van der Waals surface area contributed by atoms with Crippen LogP contribution in [-0.2, 0) is 6.61 Å². The molecule has 4 aromatic rings. The third kappa shape index (κ3) is 5.73. The van der Waals surface area contributed by atoms with E-state index in [9.17, 15) is 4.79 Å². The zero-order valence-electron chi connectivity index (χ0n) is 17.8. The van der Waals surface area contributed by atoms with Crippen molar-refractivity contribution in [3.63, 3.8) is 0 Å². The van der Waals surface area contributed by atoms with Crippen LogP contribution in [0.3, 0.4) is 0 Å². The van der Waals surface area contributed by atoms with Gasteiger partial charge in [0.05, 0.1) is 17.9 Å². The topological polar surface area (TPSA) is 60.5 Å². The molecular weight excluding hydrogens is 400 g/mol. The van der Waals surface area contributed by atoms with Gasteiger partial charge >= 0.3 is 0 Å². The van der Waals surface area contributed by atoms with Crippen LogP contribution < -0.4 is 14.8 Å². The molecule has 0 spiro atoms. The van der Waals surface area contributed by atoms with Crippen molar-refractivity contribution in [2.75, 3.05) is 0 Å². The molecule has 3 aromatic carbocycles. The minimum atomic E-state index is -0.260. The highest BCUT2D eigenvalue weighted by molar-refractivity contribution is 5.94. The molecule has 0 aliphatic heterocycles. The summed E-state index contributed by atoms with van der Waals surface area (Å²) in [4.78, 5) is 17.2. The van der Waals surface area contributed by atoms with Gasteiger partial charge in [-0.1, -0.05) is 54.6 Å². The lowest BCUT2D eigenvalue weighted by atomic mass is 10.1. The maximum atomic E-state index is 12.7. The number of ether oxygens (including phenoxy) is 2. The lowest BCUT2D eigenvalue weighted by molar-refractivity contribution is 0.0939. The number of hydrogen-bond donors (Lipinski definition) is 1. The number of benzene rings is 3. The minimum absolute atomic E-state index is 0.192. The van der Waals surface area contributed by atoms with E-state index in [0.717, 1.165) is 17.0 Å². The van der Waals surface area contributed by atoms with Crippen molar-refractivity contribution in [2.24, 2.45) is 0 Å². The maximum absolute atomic E-state index is 12.7. The second-order valence-corrected chi connectivity index (χ2v) is 7.33. The average Bonchev–Trinajstić information content (AvgIpc) is 2.84. The maximum Gasteiger partial charge on any atom is 0.251 e. The number of hydrogen-bond acceptors (Lipinski definition) is 4. The highest BCUT2D eigenvalue weighted by Crippen LogP contribution is 2.22. The van der Waals surface area contributed by atoms with Gasteiger partial charge in [-0.2, -0.15) is 0 Å². The lowest BCUT2D eigenvalue weighted by Crippen LogP contribution is -2.27. The number of pyridine rings is 1. The monoisotopic (exact) mass is 424 g/mol. The van der Waals surface area contributed by atoms with Gasteiger partial charge in [0.25, 0.3) is 5.91 Å². The molecule has 5 heteroatoms. The molecule has 0 saturated heterocycles. The molecule has 1 unspecified atom stereocenters. The molecule has 1 aromatic heterocycles. The summed E-state index contributed by atoms with van der Waals surface area (Å²) < 4.78 is 11.6. The van der Waals surface area contributed by atoms with Gasteiger partial charge in [-0.05, 0) is 55.0 Å². The summed E-state index contributed by atoms with van der Waals surface area (Å²) in [5.41, 5.74) is 2.37. The van der Waals surface area contributed by atoms with Crippen LogP contribution >= 0.6 is 0 Å². The van der Waals surface area contributed by atoms with E-state index in [1.54, 1.807) is 24.4 Å². The van der Waals surface area contributed by atoms with Crippen LogP contribution in [0.4, 0.5) is 0 Å². The van der Waals surface area contributed by atoms with Crippen LogP contribution in [0.25, 0.3) is 0 Å². The summed E-state index contributed by atoms with van der Waals surface area (Å²) in [6.45, 7) is 2.38. The zero-order chi connectivity index (χ0) is 22.2. The summed E-state index contributed by atoms with van der Waals surface area (Å²) in [6.07, 6.45) is 1.68. The van der Waals surface area contributed by atoms with Gasteiger partial charge in [0.1, 0.15) is 23.9 Å².